The van der Waals surface area contributed by atoms with Crippen molar-refractivity contribution in [3.8, 4) is 11.5 Å². The molecule has 0 radical (unpaired) electrons. The van der Waals surface area contributed by atoms with Gasteiger partial charge in [0.15, 0.2) is 18.1 Å². The monoisotopic (exact) mass is 554 g/mol. The van der Waals surface area contributed by atoms with Gasteiger partial charge in [0.25, 0.3) is 11.1 Å². The predicted octanol–water partition coefficient (Wildman–Crippen LogP) is 3.84. The standard InChI is InChI=1S/C23H27BrN2O7S/c1-3-31-17-11-15(10-16(24)21(17)33-14-20(28)32-4-2)12-18-22(29)26(23(30)34-18)13-19(27)25-8-6-5-7-9-25/h10-12H,3-9,13-14H2,1-2H3/b18-12-. The third-order valence-electron chi connectivity index (χ3n) is 5.14. The van der Waals surface area contributed by atoms with Crippen LogP contribution in [0.2, 0.25) is 0 Å². The molecule has 2 aliphatic rings. The van der Waals surface area contributed by atoms with Crippen LogP contribution in [-0.2, 0) is 19.1 Å². The summed E-state index contributed by atoms with van der Waals surface area (Å²) in [6.45, 7) is 4.89. The molecular formula is C23H27BrN2O7S. The van der Waals surface area contributed by atoms with Crippen LogP contribution in [0.3, 0.4) is 0 Å². The van der Waals surface area contributed by atoms with E-state index >= 15 is 0 Å². The first kappa shape index (κ1) is 26.1. The minimum Gasteiger partial charge on any atom is -0.490 e. The molecule has 2 aliphatic heterocycles. The number of esters is 1. The van der Waals surface area contributed by atoms with Crippen LogP contribution in [0.5, 0.6) is 11.5 Å². The second-order valence-corrected chi connectivity index (χ2v) is 9.41. The van der Waals surface area contributed by atoms with Gasteiger partial charge in [-0.15, -0.1) is 0 Å². The summed E-state index contributed by atoms with van der Waals surface area (Å²) in [6, 6.07) is 3.34. The Morgan fingerprint density at radius 2 is 1.82 bits per heavy atom. The van der Waals surface area contributed by atoms with Crippen LogP contribution >= 0.6 is 27.7 Å². The van der Waals surface area contributed by atoms with Crippen molar-refractivity contribution in [3.05, 3.63) is 27.1 Å². The van der Waals surface area contributed by atoms with Crippen molar-refractivity contribution in [2.75, 3.05) is 39.5 Å². The highest BCUT2D eigenvalue weighted by atomic mass is 79.9. The number of ether oxygens (including phenoxy) is 3. The van der Waals surface area contributed by atoms with E-state index in [9.17, 15) is 19.2 Å². The van der Waals surface area contributed by atoms with Crippen molar-refractivity contribution in [1.82, 2.24) is 9.80 Å². The Morgan fingerprint density at radius 1 is 1.09 bits per heavy atom. The number of piperidine rings is 1. The molecule has 3 rings (SSSR count). The molecule has 11 heteroatoms. The van der Waals surface area contributed by atoms with E-state index < -0.39 is 17.1 Å². The zero-order chi connectivity index (χ0) is 24.7. The fraction of sp³-hybridized carbons (Fsp3) is 0.478. The lowest BCUT2D eigenvalue weighted by atomic mass is 10.1. The summed E-state index contributed by atoms with van der Waals surface area (Å²) < 4.78 is 16.6. The number of hydrogen-bond donors (Lipinski definition) is 0. The highest BCUT2D eigenvalue weighted by molar-refractivity contribution is 9.10. The number of likely N-dealkylation sites (tertiary alicyclic amines) is 1. The molecule has 0 N–H and O–H groups in total. The van der Waals surface area contributed by atoms with E-state index in [-0.39, 0.29) is 30.6 Å². The Kier molecular flexibility index (Phi) is 9.40. The van der Waals surface area contributed by atoms with E-state index in [0.717, 1.165) is 35.9 Å². The number of halogens is 1. The molecule has 0 spiro atoms. The van der Waals surface area contributed by atoms with Gasteiger partial charge in [-0.2, -0.15) is 0 Å². The minimum atomic E-state index is -0.506. The number of amides is 3. The van der Waals surface area contributed by atoms with Gasteiger partial charge in [0.1, 0.15) is 6.54 Å². The first-order valence-corrected chi connectivity index (χ1v) is 12.7. The number of carbonyl (C=O) groups is 4. The normalized spacial score (nSPS) is 17.3. The summed E-state index contributed by atoms with van der Waals surface area (Å²) in [5.41, 5.74) is 0.590. The molecule has 0 unspecified atom stereocenters. The Labute approximate surface area is 210 Å². The number of thioether (sulfide) groups is 1. The number of hydrogen-bond acceptors (Lipinski definition) is 8. The molecule has 9 nitrogen and oxygen atoms in total. The number of nitrogens with zero attached hydrogens (tertiary/aromatic N) is 2. The van der Waals surface area contributed by atoms with Gasteiger partial charge in [-0.1, -0.05) is 0 Å². The maximum Gasteiger partial charge on any atom is 0.344 e. The lowest BCUT2D eigenvalue weighted by Crippen LogP contribution is -2.44. The van der Waals surface area contributed by atoms with Crippen LogP contribution in [0, 0.1) is 0 Å². The van der Waals surface area contributed by atoms with Crippen molar-refractivity contribution in [2.45, 2.75) is 33.1 Å². The van der Waals surface area contributed by atoms with Crippen molar-refractivity contribution in [3.63, 3.8) is 0 Å². The van der Waals surface area contributed by atoms with E-state index in [1.54, 1.807) is 37.0 Å². The maximum absolute atomic E-state index is 12.9. The average molecular weight is 555 g/mol. The molecule has 1 aromatic rings. The fourth-order valence-electron chi connectivity index (χ4n) is 3.57. The maximum atomic E-state index is 12.9. The second-order valence-electron chi connectivity index (χ2n) is 7.57. The summed E-state index contributed by atoms with van der Waals surface area (Å²) in [6.07, 6.45) is 4.52. The largest absolute Gasteiger partial charge is 0.490 e. The summed E-state index contributed by atoms with van der Waals surface area (Å²) in [5, 5.41) is -0.472. The highest BCUT2D eigenvalue weighted by Crippen LogP contribution is 2.39. The van der Waals surface area contributed by atoms with Crippen LogP contribution in [0.4, 0.5) is 4.79 Å². The van der Waals surface area contributed by atoms with Gasteiger partial charge in [-0.05, 0) is 84.6 Å². The van der Waals surface area contributed by atoms with Gasteiger partial charge in [-0.25, -0.2) is 4.79 Å². The van der Waals surface area contributed by atoms with Gasteiger partial charge in [0.2, 0.25) is 5.91 Å². The molecule has 34 heavy (non-hydrogen) atoms. The van der Waals surface area contributed by atoms with E-state index in [1.807, 2.05) is 0 Å². The molecule has 0 aliphatic carbocycles. The van der Waals surface area contributed by atoms with Crippen molar-refractivity contribution in [1.29, 1.82) is 0 Å². The second kappa shape index (κ2) is 12.3. The molecule has 0 aromatic heterocycles. The lowest BCUT2D eigenvalue weighted by molar-refractivity contribution is -0.145. The number of rotatable bonds is 9. The molecule has 2 saturated heterocycles. The molecule has 0 saturated carbocycles. The molecule has 0 atom stereocenters. The predicted molar refractivity (Wildman–Crippen MR) is 131 cm³/mol. The first-order chi connectivity index (χ1) is 16.3. The SMILES string of the molecule is CCOC(=O)COc1c(Br)cc(/C=C2\SC(=O)N(CC(=O)N3CCCCC3)C2=O)cc1OCC. The van der Waals surface area contributed by atoms with Crippen LogP contribution in [0.25, 0.3) is 6.08 Å². The molecule has 184 valence electrons. The van der Waals surface area contributed by atoms with Gasteiger partial charge in [0.05, 0.1) is 22.6 Å². The van der Waals surface area contributed by atoms with Crippen LogP contribution in [0.15, 0.2) is 21.5 Å². The molecule has 0 bridgehead atoms. The average Bonchev–Trinajstić information content (AvgIpc) is 3.06. The zero-order valence-corrected chi connectivity index (χ0v) is 21.5. The number of imide groups is 1. The van der Waals surface area contributed by atoms with Crippen molar-refractivity contribution >= 4 is 56.8 Å². The van der Waals surface area contributed by atoms with Gasteiger partial charge in [-0.3, -0.25) is 19.3 Å². The van der Waals surface area contributed by atoms with E-state index in [2.05, 4.69) is 15.9 Å². The van der Waals surface area contributed by atoms with E-state index in [1.165, 1.54) is 0 Å². The Hall–Kier alpha value is -2.53. The molecule has 1 aromatic carbocycles. The summed E-state index contributed by atoms with van der Waals surface area (Å²) >= 11 is 4.21. The zero-order valence-electron chi connectivity index (χ0n) is 19.1. The third-order valence-corrected chi connectivity index (χ3v) is 6.64. The topological polar surface area (TPSA) is 102 Å². The lowest BCUT2D eigenvalue weighted by Gasteiger charge is -2.27. The van der Waals surface area contributed by atoms with Gasteiger partial charge >= 0.3 is 5.97 Å². The summed E-state index contributed by atoms with van der Waals surface area (Å²) in [4.78, 5) is 52.4. The first-order valence-electron chi connectivity index (χ1n) is 11.1. The molecule has 3 amide bonds. The third kappa shape index (κ3) is 6.53. The Morgan fingerprint density at radius 3 is 2.50 bits per heavy atom. The van der Waals surface area contributed by atoms with Crippen LogP contribution in [0.1, 0.15) is 38.7 Å². The van der Waals surface area contributed by atoms with Crippen molar-refractivity contribution in [2.24, 2.45) is 0 Å². The van der Waals surface area contributed by atoms with Crippen LogP contribution in [-0.4, -0.2) is 72.3 Å². The van der Waals surface area contributed by atoms with Gasteiger partial charge in [0, 0.05) is 13.1 Å². The molecule has 2 heterocycles. The van der Waals surface area contributed by atoms with Crippen molar-refractivity contribution < 1.29 is 33.4 Å². The number of carbonyl (C=O) groups excluding carboxylic acids is 4. The fourth-order valence-corrected chi connectivity index (χ4v) is 4.99. The highest BCUT2D eigenvalue weighted by Gasteiger charge is 2.37. The number of benzene rings is 1. The van der Waals surface area contributed by atoms with E-state index in [0.29, 0.717) is 41.2 Å². The Bertz CT molecular complexity index is 992. The Balaban J connectivity index is 1.76. The summed E-state index contributed by atoms with van der Waals surface area (Å²) in [5.74, 6) is -0.530. The van der Waals surface area contributed by atoms with E-state index in [4.69, 9.17) is 14.2 Å². The quantitative estimate of drug-likeness (QED) is 0.335. The van der Waals surface area contributed by atoms with Gasteiger partial charge < -0.3 is 19.1 Å². The van der Waals surface area contributed by atoms with Crippen LogP contribution < -0.4 is 9.47 Å². The smallest absolute Gasteiger partial charge is 0.344 e. The summed E-state index contributed by atoms with van der Waals surface area (Å²) in [7, 11) is 0. The molecule has 2 fully saturated rings. The minimum absolute atomic E-state index is 0.214. The molecular weight excluding hydrogens is 528 g/mol.